The second kappa shape index (κ2) is 8.48. The van der Waals surface area contributed by atoms with Crippen LogP contribution in [0.1, 0.15) is 25.3 Å². The second-order valence-corrected chi connectivity index (χ2v) is 6.19. The van der Waals surface area contributed by atoms with Gasteiger partial charge in [-0.1, -0.05) is 22.0 Å². The van der Waals surface area contributed by atoms with Gasteiger partial charge in [0.05, 0.1) is 6.10 Å². The number of ether oxygens (including phenoxy) is 1. The smallest absolute Gasteiger partial charge is 0.193 e. The lowest BCUT2D eigenvalue weighted by Crippen LogP contribution is -2.46. The molecule has 0 aromatic heterocycles. The van der Waals surface area contributed by atoms with Crippen molar-refractivity contribution in [2.45, 2.75) is 32.4 Å². The number of nitrogens with zero attached hydrogens (tertiary/aromatic N) is 2. The van der Waals surface area contributed by atoms with Crippen molar-refractivity contribution in [3.63, 3.8) is 0 Å². The van der Waals surface area contributed by atoms with E-state index in [4.69, 9.17) is 4.74 Å². The molecule has 1 aromatic carbocycles. The summed E-state index contributed by atoms with van der Waals surface area (Å²) in [6.07, 6.45) is 2.35. The Hall–Kier alpha value is -1.14. The minimum Gasteiger partial charge on any atom is -0.378 e. The van der Waals surface area contributed by atoms with Crippen LogP contribution in [0.25, 0.3) is 0 Å². The molecule has 0 amide bonds. The summed E-state index contributed by atoms with van der Waals surface area (Å²) in [4.78, 5) is 6.50. The molecule has 0 aliphatic carbocycles. The average Bonchev–Trinajstić information content (AvgIpc) is 2.51. The van der Waals surface area contributed by atoms with E-state index in [1.807, 2.05) is 13.0 Å². The Morgan fingerprint density at radius 1 is 1.45 bits per heavy atom. The molecule has 1 heterocycles. The number of aliphatic imine (C=N–C) groups is 1. The van der Waals surface area contributed by atoms with Crippen LogP contribution in [-0.2, 0) is 11.3 Å². The molecule has 0 saturated carbocycles. The average molecular weight is 372 g/mol. The van der Waals surface area contributed by atoms with Crippen LogP contribution in [0.2, 0.25) is 0 Å². The predicted molar refractivity (Wildman–Crippen MR) is 90.5 cm³/mol. The number of guanidine groups is 1. The van der Waals surface area contributed by atoms with E-state index in [2.05, 4.69) is 31.1 Å². The van der Waals surface area contributed by atoms with E-state index in [1.54, 1.807) is 13.1 Å². The maximum absolute atomic E-state index is 13.8. The molecule has 1 aliphatic rings. The molecule has 4 nitrogen and oxygen atoms in total. The van der Waals surface area contributed by atoms with Crippen molar-refractivity contribution in [1.82, 2.24) is 10.2 Å². The summed E-state index contributed by atoms with van der Waals surface area (Å²) in [6.45, 7) is 5.04. The van der Waals surface area contributed by atoms with Crippen molar-refractivity contribution in [2.75, 3.05) is 26.7 Å². The summed E-state index contributed by atoms with van der Waals surface area (Å²) >= 11 is 3.27. The number of rotatable bonds is 4. The molecule has 1 aromatic rings. The van der Waals surface area contributed by atoms with Gasteiger partial charge in [0.15, 0.2) is 5.96 Å². The van der Waals surface area contributed by atoms with Crippen LogP contribution in [0.5, 0.6) is 0 Å². The molecular formula is C16H23BrFN3O. The second-order valence-electron chi connectivity index (χ2n) is 5.28. The Bertz CT molecular complexity index is 516. The molecule has 0 radical (unpaired) electrons. The first-order valence-corrected chi connectivity index (χ1v) is 8.44. The van der Waals surface area contributed by atoms with Crippen LogP contribution >= 0.6 is 15.9 Å². The summed E-state index contributed by atoms with van der Waals surface area (Å²) in [5.41, 5.74) is 0.633. The molecule has 122 valence electrons. The summed E-state index contributed by atoms with van der Waals surface area (Å²) in [5, 5.41) is 3.24. The van der Waals surface area contributed by atoms with Crippen LogP contribution in [0.15, 0.2) is 27.7 Å². The Balaban J connectivity index is 1.88. The van der Waals surface area contributed by atoms with Gasteiger partial charge in [0, 0.05) is 43.3 Å². The molecule has 6 heteroatoms. The van der Waals surface area contributed by atoms with Gasteiger partial charge in [-0.3, -0.25) is 4.99 Å². The fourth-order valence-electron chi connectivity index (χ4n) is 2.64. The molecule has 0 unspecified atom stereocenters. The molecule has 0 atom stereocenters. The SMILES string of the molecule is CCOC1CCN(C(=NC)NCc2ccc(Br)cc2F)CC1. The Morgan fingerprint density at radius 3 is 2.77 bits per heavy atom. The number of halogens is 2. The maximum Gasteiger partial charge on any atom is 0.193 e. The highest BCUT2D eigenvalue weighted by atomic mass is 79.9. The van der Waals surface area contributed by atoms with E-state index >= 15 is 0 Å². The van der Waals surface area contributed by atoms with Gasteiger partial charge < -0.3 is 15.0 Å². The lowest BCUT2D eigenvalue weighted by molar-refractivity contribution is 0.0263. The number of benzene rings is 1. The molecule has 0 spiro atoms. The summed E-state index contributed by atoms with van der Waals surface area (Å²) in [6, 6.07) is 5.10. The van der Waals surface area contributed by atoms with Crippen molar-refractivity contribution < 1.29 is 9.13 Å². The van der Waals surface area contributed by atoms with E-state index in [9.17, 15) is 4.39 Å². The van der Waals surface area contributed by atoms with Gasteiger partial charge >= 0.3 is 0 Å². The molecule has 1 N–H and O–H groups in total. The van der Waals surface area contributed by atoms with E-state index in [-0.39, 0.29) is 5.82 Å². The van der Waals surface area contributed by atoms with E-state index in [0.717, 1.165) is 43.0 Å². The van der Waals surface area contributed by atoms with E-state index in [1.165, 1.54) is 6.07 Å². The van der Waals surface area contributed by atoms with Gasteiger partial charge in [-0.25, -0.2) is 4.39 Å². The number of likely N-dealkylation sites (tertiary alicyclic amines) is 1. The van der Waals surface area contributed by atoms with Crippen molar-refractivity contribution in [2.24, 2.45) is 4.99 Å². The summed E-state index contributed by atoms with van der Waals surface area (Å²) in [7, 11) is 1.76. The first-order valence-electron chi connectivity index (χ1n) is 7.65. The molecule has 1 saturated heterocycles. The lowest BCUT2D eigenvalue weighted by Gasteiger charge is -2.34. The fraction of sp³-hybridized carbons (Fsp3) is 0.562. The first kappa shape index (κ1) is 17.2. The zero-order valence-corrected chi connectivity index (χ0v) is 14.7. The largest absolute Gasteiger partial charge is 0.378 e. The predicted octanol–water partition coefficient (Wildman–Crippen LogP) is 3.16. The third-order valence-corrected chi connectivity index (χ3v) is 4.30. The number of hydrogen-bond donors (Lipinski definition) is 1. The topological polar surface area (TPSA) is 36.9 Å². The third kappa shape index (κ3) is 4.68. The van der Waals surface area contributed by atoms with Crippen LogP contribution < -0.4 is 5.32 Å². The van der Waals surface area contributed by atoms with Crippen molar-refractivity contribution in [3.8, 4) is 0 Å². The minimum atomic E-state index is -0.215. The van der Waals surface area contributed by atoms with E-state index in [0.29, 0.717) is 18.2 Å². The van der Waals surface area contributed by atoms with Gasteiger partial charge in [0.25, 0.3) is 0 Å². The summed E-state index contributed by atoms with van der Waals surface area (Å²) < 4.78 is 20.2. The zero-order chi connectivity index (χ0) is 15.9. The highest BCUT2D eigenvalue weighted by Crippen LogP contribution is 2.16. The van der Waals surface area contributed by atoms with E-state index < -0.39 is 0 Å². The quantitative estimate of drug-likeness (QED) is 0.652. The highest BCUT2D eigenvalue weighted by Gasteiger charge is 2.21. The van der Waals surface area contributed by atoms with Crippen LogP contribution in [0, 0.1) is 5.82 Å². The fourth-order valence-corrected chi connectivity index (χ4v) is 2.97. The number of hydrogen-bond acceptors (Lipinski definition) is 2. The van der Waals surface area contributed by atoms with Crippen LogP contribution in [-0.4, -0.2) is 43.7 Å². The molecular weight excluding hydrogens is 349 g/mol. The van der Waals surface area contributed by atoms with Gasteiger partial charge in [0.2, 0.25) is 0 Å². The number of piperidine rings is 1. The van der Waals surface area contributed by atoms with Crippen molar-refractivity contribution in [3.05, 3.63) is 34.1 Å². The molecule has 22 heavy (non-hydrogen) atoms. The Kier molecular flexibility index (Phi) is 6.64. The van der Waals surface area contributed by atoms with Gasteiger partial charge in [-0.05, 0) is 31.9 Å². The Labute approximate surface area is 139 Å². The minimum absolute atomic E-state index is 0.215. The third-order valence-electron chi connectivity index (χ3n) is 3.81. The summed E-state index contributed by atoms with van der Waals surface area (Å²) in [5.74, 6) is 0.602. The van der Waals surface area contributed by atoms with Crippen molar-refractivity contribution >= 4 is 21.9 Å². The normalized spacial score (nSPS) is 16.9. The number of nitrogens with one attached hydrogen (secondary N) is 1. The lowest BCUT2D eigenvalue weighted by atomic mass is 10.1. The molecule has 1 fully saturated rings. The Morgan fingerprint density at radius 2 is 2.18 bits per heavy atom. The van der Waals surface area contributed by atoms with Crippen molar-refractivity contribution in [1.29, 1.82) is 0 Å². The van der Waals surface area contributed by atoms with Crippen LogP contribution in [0.4, 0.5) is 4.39 Å². The maximum atomic E-state index is 13.8. The van der Waals surface area contributed by atoms with Gasteiger partial charge in [-0.15, -0.1) is 0 Å². The monoisotopic (exact) mass is 371 g/mol. The zero-order valence-electron chi connectivity index (χ0n) is 13.1. The molecule has 0 bridgehead atoms. The molecule has 1 aliphatic heterocycles. The highest BCUT2D eigenvalue weighted by molar-refractivity contribution is 9.10. The standard InChI is InChI=1S/C16H23BrFN3O/c1-3-22-14-6-8-21(9-7-14)16(19-2)20-11-12-4-5-13(17)10-15(12)18/h4-5,10,14H,3,6-9,11H2,1-2H3,(H,19,20). The first-order chi connectivity index (χ1) is 10.6. The van der Waals surface area contributed by atoms with Gasteiger partial charge in [-0.2, -0.15) is 0 Å². The van der Waals surface area contributed by atoms with Crippen LogP contribution in [0.3, 0.4) is 0 Å². The van der Waals surface area contributed by atoms with Gasteiger partial charge in [0.1, 0.15) is 5.82 Å². The molecule has 2 rings (SSSR count).